The third kappa shape index (κ3) is 48.6. The summed E-state index contributed by atoms with van der Waals surface area (Å²) in [7, 11) is 0. The highest BCUT2D eigenvalue weighted by molar-refractivity contribution is 5.76. The van der Waals surface area contributed by atoms with Crippen LogP contribution < -0.4 is 5.32 Å². The average Bonchev–Trinajstić information content (AvgIpc) is 3.28. The summed E-state index contributed by atoms with van der Waals surface area (Å²) in [5, 5.41) is 23.1. The molecule has 0 radical (unpaired) electrons. The Kier molecular flexibility index (Phi) is 50.8. The quantitative estimate of drug-likeness (QED) is 0.0422. The van der Waals surface area contributed by atoms with Crippen molar-refractivity contribution in [2.24, 2.45) is 0 Å². The predicted octanol–water partition coefficient (Wildman–Crippen LogP) is 17.6. The van der Waals surface area contributed by atoms with E-state index in [0.29, 0.717) is 6.42 Å². The summed E-state index contributed by atoms with van der Waals surface area (Å²) in [6.07, 6.45) is 77.3. The first-order valence-corrected chi connectivity index (χ1v) is 26.8. The fourth-order valence-corrected chi connectivity index (χ4v) is 7.81. The Morgan fingerprint density at radius 1 is 0.403 bits per heavy atom. The van der Waals surface area contributed by atoms with E-state index in [1.165, 1.54) is 173 Å². The van der Waals surface area contributed by atoms with Crippen LogP contribution in [0.2, 0.25) is 0 Å². The Balaban J connectivity index is 3.52. The molecule has 0 fully saturated rings. The number of aliphatic hydroxyl groups is 2. The fraction of sp³-hybridized carbons (Fsp3) is 0.741. The molecule has 0 aliphatic heterocycles. The van der Waals surface area contributed by atoms with Gasteiger partial charge < -0.3 is 15.5 Å². The van der Waals surface area contributed by atoms with Crippen LogP contribution in [-0.4, -0.2) is 34.9 Å². The second-order valence-corrected chi connectivity index (χ2v) is 17.9. The zero-order valence-corrected chi connectivity index (χ0v) is 41.1. The summed E-state index contributed by atoms with van der Waals surface area (Å²) < 4.78 is 0. The molecule has 0 aliphatic rings. The normalized spacial score (nSPS) is 13.5. The van der Waals surface area contributed by atoms with E-state index in [0.717, 1.165) is 64.2 Å². The Bertz CT molecular complexity index is 1110. The maximum absolute atomic E-state index is 12.4. The fourth-order valence-electron chi connectivity index (χ4n) is 7.81. The zero-order chi connectivity index (χ0) is 44.9. The third-order valence-corrected chi connectivity index (χ3v) is 11.9. The van der Waals surface area contributed by atoms with Crippen molar-refractivity contribution in [2.45, 2.75) is 270 Å². The molecule has 0 aromatic rings. The summed E-state index contributed by atoms with van der Waals surface area (Å²) in [4.78, 5) is 12.4. The first-order chi connectivity index (χ1) is 30.7. The highest BCUT2D eigenvalue weighted by Gasteiger charge is 2.17. The van der Waals surface area contributed by atoms with Crippen molar-refractivity contribution in [2.75, 3.05) is 6.61 Å². The van der Waals surface area contributed by atoms with E-state index in [2.05, 4.69) is 92.1 Å². The molecule has 0 aliphatic carbocycles. The second-order valence-electron chi connectivity index (χ2n) is 17.9. The van der Waals surface area contributed by atoms with E-state index >= 15 is 0 Å². The molecule has 4 heteroatoms. The lowest BCUT2D eigenvalue weighted by Crippen LogP contribution is -2.45. The number of aliphatic hydroxyl groups excluding tert-OH is 2. The van der Waals surface area contributed by atoms with Gasteiger partial charge in [-0.15, -0.1) is 0 Å². The second kappa shape index (κ2) is 52.9. The highest BCUT2D eigenvalue weighted by atomic mass is 16.3. The molecule has 2 atom stereocenters. The number of carbonyl (C=O) groups is 1. The molecule has 0 aromatic heterocycles. The third-order valence-electron chi connectivity index (χ3n) is 11.9. The van der Waals surface area contributed by atoms with Crippen LogP contribution in [-0.2, 0) is 4.79 Å². The van der Waals surface area contributed by atoms with Gasteiger partial charge in [-0.25, -0.2) is 0 Å². The number of rotatable bonds is 48. The number of hydrogen-bond acceptors (Lipinski definition) is 3. The average molecular weight is 862 g/mol. The lowest BCUT2D eigenvalue weighted by Gasteiger charge is -2.19. The van der Waals surface area contributed by atoms with Crippen molar-refractivity contribution in [1.29, 1.82) is 0 Å². The summed E-state index contributed by atoms with van der Waals surface area (Å²) in [6, 6.07) is -0.642. The van der Waals surface area contributed by atoms with Crippen LogP contribution >= 0.6 is 0 Å². The van der Waals surface area contributed by atoms with E-state index in [4.69, 9.17) is 0 Å². The molecule has 0 spiro atoms. The van der Waals surface area contributed by atoms with E-state index < -0.39 is 12.1 Å². The molecule has 0 heterocycles. The first-order valence-electron chi connectivity index (χ1n) is 26.8. The van der Waals surface area contributed by atoms with Crippen molar-refractivity contribution < 1.29 is 15.0 Å². The molecule has 0 saturated carbocycles. The van der Waals surface area contributed by atoms with Crippen LogP contribution in [0.3, 0.4) is 0 Å². The number of amides is 1. The highest BCUT2D eigenvalue weighted by Crippen LogP contribution is 2.16. The molecule has 62 heavy (non-hydrogen) atoms. The maximum atomic E-state index is 12.4. The van der Waals surface area contributed by atoms with Gasteiger partial charge in [0.15, 0.2) is 0 Å². The summed E-state index contributed by atoms with van der Waals surface area (Å²) in [5.74, 6) is -0.0742. The largest absolute Gasteiger partial charge is 0.394 e. The molecule has 2 unspecified atom stereocenters. The van der Waals surface area contributed by atoms with Crippen LogP contribution in [0.15, 0.2) is 85.1 Å². The van der Waals surface area contributed by atoms with Gasteiger partial charge in [0.1, 0.15) is 0 Å². The molecule has 0 saturated heterocycles. The lowest BCUT2D eigenvalue weighted by atomic mass is 10.0. The Morgan fingerprint density at radius 2 is 0.726 bits per heavy atom. The van der Waals surface area contributed by atoms with Crippen LogP contribution in [0.1, 0.15) is 258 Å². The van der Waals surface area contributed by atoms with Gasteiger partial charge in [-0.1, -0.05) is 259 Å². The Hall–Kier alpha value is -2.43. The minimum atomic E-state index is -0.865. The smallest absolute Gasteiger partial charge is 0.220 e. The Labute approximate surface area is 386 Å². The molecule has 0 bridgehead atoms. The van der Waals surface area contributed by atoms with Crippen molar-refractivity contribution >= 4 is 5.91 Å². The zero-order valence-electron chi connectivity index (χ0n) is 41.1. The van der Waals surface area contributed by atoms with Crippen molar-refractivity contribution in [3.05, 3.63) is 85.1 Å². The molecule has 1 amide bonds. The lowest BCUT2D eigenvalue weighted by molar-refractivity contribution is -0.123. The standard InChI is InChI=1S/C58H103NO3/c1-3-5-7-9-11-13-15-17-19-21-22-23-24-25-26-27-28-29-30-31-32-33-34-35-36-38-40-42-44-46-48-50-52-54-58(62)59-56(55-60)57(61)53-51-49-47-45-43-41-39-37-20-18-16-14-12-10-8-6-4-2/h5,7,11,13,17,19,22-23,25-26,43,45,51,53,56-57,60-61H,3-4,6,8-10,12,14-16,18,20-21,24,27-42,44,46-50,52,54-55H2,1-2H3,(H,59,62)/b7-5-,13-11-,19-17-,23-22-,26-25-,45-43+,53-51+. The molecule has 358 valence electrons. The van der Waals surface area contributed by atoms with Gasteiger partial charge in [0, 0.05) is 6.42 Å². The SMILES string of the molecule is CC/C=C\C/C=C\C/C=C\C/C=C\C/C=C\CCCCCCCCCCCCCCCCCCCC(=O)NC(CO)C(O)/C=C/CC/C=C/CCCCCCCCCCCCC. The van der Waals surface area contributed by atoms with Crippen LogP contribution in [0, 0.1) is 0 Å². The van der Waals surface area contributed by atoms with Gasteiger partial charge in [0.2, 0.25) is 5.91 Å². The van der Waals surface area contributed by atoms with Crippen LogP contribution in [0.4, 0.5) is 0 Å². The van der Waals surface area contributed by atoms with Gasteiger partial charge in [0.05, 0.1) is 18.8 Å². The monoisotopic (exact) mass is 862 g/mol. The van der Waals surface area contributed by atoms with Crippen molar-refractivity contribution in [3.8, 4) is 0 Å². The topological polar surface area (TPSA) is 69.6 Å². The van der Waals surface area contributed by atoms with Gasteiger partial charge in [-0.2, -0.15) is 0 Å². The molecular weight excluding hydrogens is 759 g/mol. The minimum absolute atomic E-state index is 0.0742. The molecule has 0 aromatic carbocycles. The molecule has 0 rings (SSSR count). The van der Waals surface area contributed by atoms with Gasteiger partial charge in [0.25, 0.3) is 0 Å². The van der Waals surface area contributed by atoms with Crippen LogP contribution in [0.5, 0.6) is 0 Å². The van der Waals surface area contributed by atoms with E-state index in [1.807, 2.05) is 6.08 Å². The molecular formula is C58H103NO3. The molecule has 3 N–H and O–H groups in total. The first kappa shape index (κ1) is 59.6. The number of nitrogens with one attached hydrogen (secondary N) is 1. The summed E-state index contributed by atoms with van der Waals surface area (Å²) >= 11 is 0. The number of carbonyl (C=O) groups excluding carboxylic acids is 1. The predicted molar refractivity (Wildman–Crippen MR) is 276 cm³/mol. The molecule has 4 nitrogen and oxygen atoms in total. The minimum Gasteiger partial charge on any atom is -0.394 e. The summed E-state index contributed by atoms with van der Waals surface area (Å²) in [5.41, 5.74) is 0. The van der Waals surface area contributed by atoms with Crippen molar-refractivity contribution in [1.82, 2.24) is 5.32 Å². The van der Waals surface area contributed by atoms with E-state index in [9.17, 15) is 15.0 Å². The van der Waals surface area contributed by atoms with Gasteiger partial charge in [-0.3, -0.25) is 4.79 Å². The Morgan fingerprint density at radius 3 is 1.13 bits per heavy atom. The summed E-state index contributed by atoms with van der Waals surface area (Å²) in [6.45, 7) is 4.19. The van der Waals surface area contributed by atoms with E-state index in [-0.39, 0.29) is 12.5 Å². The van der Waals surface area contributed by atoms with Gasteiger partial charge >= 0.3 is 0 Å². The number of unbranched alkanes of at least 4 members (excludes halogenated alkanes) is 29. The number of allylic oxidation sites excluding steroid dienone is 13. The number of hydrogen-bond donors (Lipinski definition) is 3. The van der Waals surface area contributed by atoms with Crippen LogP contribution in [0.25, 0.3) is 0 Å². The van der Waals surface area contributed by atoms with Crippen molar-refractivity contribution in [3.63, 3.8) is 0 Å². The van der Waals surface area contributed by atoms with Gasteiger partial charge in [-0.05, 0) is 77.0 Å². The van der Waals surface area contributed by atoms with E-state index in [1.54, 1.807) is 6.08 Å². The maximum Gasteiger partial charge on any atom is 0.220 e.